The largest absolute Gasteiger partial charge is 0.298 e. The minimum Gasteiger partial charge on any atom is -0.298 e. The number of rotatable bonds is 3. The van der Waals surface area contributed by atoms with Gasteiger partial charge in [0, 0.05) is 5.56 Å². The molecule has 0 bridgehead atoms. The van der Waals surface area contributed by atoms with E-state index in [0.29, 0.717) is 0 Å². The fraction of sp³-hybridized carbons (Fsp3) is 0.500. The van der Waals surface area contributed by atoms with Crippen molar-refractivity contribution in [3.8, 4) is 0 Å². The molecule has 1 aliphatic rings. The summed E-state index contributed by atoms with van der Waals surface area (Å²) in [5.74, 6) is -1.15. The monoisotopic (exact) mass is 253 g/mol. The normalized spacial score (nSPS) is 18.6. The molecule has 0 radical (unpaired) electrons. The molecule has 1 saturated heterocycles. The van der Waals surface area contributed by atoms with Gasteiger partial charge in [-0.1, -0.05) is 6.42 Å². The third-order valence-corrected chi connectivity index (χ3v) is 3.39. The fourth-order valence-corrected chi connectivity index (χ4v) is 2.57. The Balaban J connectivity index is 2.34. The number of hydrogen-bond acceptors (Lipinski definition) is 2. The van der Waals surface area contributed by atoms with Crippen LogP contribution in [0.2, 0.25) is 0 Å². The van der Waals surface area contributed by atoms with E-state index < -0.39 is 17.7 Å². The number of Topliss-reactive ketones (excluding diaryl/α,β-unsaturated/α-hetero) is 1. The smallest absolute Gasteiger partial charge is 0.151 e. The molecule has 1 aromatic carbocycles. The molecule has 1 heterocycles. The molecule has 4 heteroatoms. The minimum absolute atomic E-state index is 0.138. The third-order valence-electron chi connectivity index (χ3n) is 3.39. The molecule has 0 N–H and O–H groups in total. The van der Waals surface area contributed by atoms with Crippen LogP contribution < -0.4 is 0 Å². The van der Waals surface area contributed by atoms with Gasteiger partial charge in [0.15, 0.2) is 5.78 Å². The van der Waals surface area contributed by atoms with Gasteiger partial charge >= 0.3 is 0 Å². The van der Waals surface area contributed by atoms with Gasteiger partial charge in [-0.25, -0.2) is 8.78 Å². The van der Waals surface area contributed by atoms with Crippen LogP contribution in [0, 0.1) is 11.6 Å². The molecule has 2 rings (SSSR count). The van der Waals surface area contributed by atoms with Crippen LogP contribution in [0.5, 0.6) is 0 Å². The number of benzene rings is 1. The van der Waals surface area contributed by atoms with Crippen molar-refractivity contribution in [3.05, 3.63) is 35.4 Å². The fourth-order valence-electron chi connectivity index (χ4n) is 2.57. The Bertz CT molecular complexity index is 441. The summed E-state index contributed by atoms with van der Waals surface area (Å²) < 4.78 is 27.0. The average Bonchev–Trinajstić information content (AvgIpc) is 2.35. The van der Waals surface area contributed by atoms with Crippen LogP contribution >= 0.6 is 0 Å². The summed E-state index contributed by atoms with van der Waals surface area (Å²) in [6.45, 7) is 2.96. The number of nitrogens with zero attached hydrogens (tertiary/aromatic N) is 1. The lowest BCUT2D eigenvalue weighted by Crippen LogP contribution is -2.37. The molecule has 1 aromatic rings. The molecule has 2 nitrogen and oxygen atoms in total. The van der Waals surface area contributed by atoms with Crippen LogP contribution in [0.3, 0.4) is 0 Å². The molecule has 1 fully saturated rings. The first-order valence-electron chi connectivity index (χ1n) is 6.29. The van der Waals surface area contributed by atoms with E-state index in [2.05, 4.69) is 0 Å². The number of carbonyl (C=O) groups is 1. The lowest BCUT2D eigenvalue weighted by molar-refractivity contribution is -0.122. The predicted molar refractivity (Wildman–Crippen MR) is 65.2 cm³/mol. The highest BCUT2D eigenvalue weighted by Gasteiger charge is 2.28. The molecule has 0 amide bonds. The van der Waals surface area contributed by atoms with Gasteiger partial charge in [0.1, 0.15) is 11.6 Å². The number of hydrogen-bond donors (Lipinski definition) is 0. The van der Waals surface area contributed by atoms with Crippen molar-refractivity contribution in [2.24, 2.45) is 0 Å². The van der Waals surface area contributed by atoms with Gasteiger partial charge in [0.25, 0.3) is 0 Å². The zero-order chi connectivity index (χ0) is 13.1. The highest BCUT2D eigenvalue weighted by molar-refractivity contribution is 5.83. The average molecular weight is 253 g/mol. The summed E-state index contributed by atoms with van der Waals surface area (Å²) in [6, 6.07) is 2.65. The molecular weight excluding hydrogens is 236 g/mol. The number of ketones is 1. The highest BCUT2D eigenvalue weighted by Crippen LogP contribution is 2.27. The van der Waals surface area contributed by atoms with Crippen molar-refractivity contribution in [2.45, 2.75) is 32.2 Å². The van der Waals surface area contributed by atoms with Crippen molar-refractivity contribution in [1.82, 2.24) is 4.90 Å². The van der Waals surface area contributed by atoms with Gasteiger partial charge in [-0.3, -0.25) is 9.69 Å². The van der Waals surface area contributed by atoms with Gasteiger partial charge in [-0.05, 0) is 51.1 Å². The van der Waals surface area contributed by atoms with E-state index in [-0.39, 0.29) is 11.3 Å². The Morgan fingerprint density at radius 2 is 1.89 bits per heavy atom. The third kappa shape index (κ3) is 2.75. The Hall–Kier alpha value is -1.29. The maximum Gasteiger partial charge on any atom is 0.151 e. The molecule has 1 aliphatic heterocycles. The minimum atomic E-state index is -0.652. The van der Waals surface area contributed by atoms with Gasteiger partial charge in [0.05, 0.1) is 6.04 Å². The summed E-state index contributed by atoms with van der Waals surface area (Å²) in [5, 5.41) is 0. The Kier molecular flexibility index (Phi) is 4.07. The first kappa shape index (κ1) is 13.1. The van der Waals surface area contributed by atoms with Crippen LogP contribution in [0.4, 0.5) is 8.78 Å². The molecular formula is C14H17F2NO. The topological polar surface area (TPSA) is 20.3 Å². The number of likely N-dealkylation sites (tertiary alicyclic amines) is 1. The van der Waals surface area contributed by atoms with Gasteiger partial charge < -0.3 is 0 Å². The first-order chi connectivity index (χ1) is 8.59. The van der Waals surface area contributed by atoms with E-state index >= 15 is 0 Å². The van der Waals surface area contributed by atoms with E-state index in [4.69, 9.17) is 0 Å². The Labute approximate surface area is 106 Å². The molecule has 0 spiro atoms. The summed E-state index contributed by atoms with van der Waals surface area (Å²) in [5.41, 5.74) is 0.157. The van der Waals surface area contributed by atoms with Gasteiger partial charge in [-0.2, -0.15) is 0 Å². The van der Waals surface area contributed by atoms with Crippen molar-refractivity contribution in [2.75, 3.05) is 13.1 Å². The van der Waals surface area contributed by atoms with Crippen LogP contribution in [0.15, 0.2) is 18.2 Å². The second-order valence-electron chi connectivity index (χ2n) is 4.78. The molecule has 0 aromatic heterocycles. The number of carbonyl (C=O) groups excluding carboxylic acids is 1. The molecule has 1 atom stereocenters. The van der Waals surface area contributed by atoms with E-state index in [1.165, 1.54) is 6.92 Å². The molecule has 0 saturated carbocycles. The Morgan fingerprint density at radius 3 is 2.50 bits per heavy atom. The van der Waals surface area contributed by atoms with Crippen LogP contribution in [0.1, 0.15) is 37.8 Å². The lowest BCUT2D eigenvalue weighted by atomic mass is 9.98. The van der Waals surface area contributed by atoms with Gasteiger partial charge in [0.2, 0.25) is 0 Å². The zero-order valence-electron chi connectivity index (χ0n) is 10.5. The quantitative estimate of drug-likeness (QED) is 0.825. The SMILES string of the molecule is CC(=O)C(c1cc(F)ccc1F)N1CCCCC1. The van der Waals surface area contributed by atoms with E-state index in [0.717, 1.165) is 50.6 Å². The Morgan fingerprint density at radius 1 is 1.22 bits per heavy atom. The van der Waals surface area contributed by atoms with Crippen molar-refractivity contribution < 1.29 is 13.6 Å². The maximum absolute atomic E-state index is 13.8. The maximum atomic E-state index is 13.8. The van der Waals surface area contributed by atoms with E-state index in [1.54, 1.807) is 0 Å². The second-order valence-corrected chi connectivity index (χ2v) is 4.78. The highest BCUT2D eigenvalue weighted by atomic mass is 19.1. The zero-order valence-corrected chi connectivity index (χ0v) is 10.5. The molecule has 18 heavy (non-hydrogen) atoms. The molecule has 0 aliphatic carbocycles. The van der Waals surface area contributed by atoms with Crippen molar-refractivity contribution in [3.63, 3.8) is 0 Å². The van der Waals surface area contributed by atoms with Crippen LogP contribution in [-0.4, -0.2) is 23.8 Å². The summed E-state index contributed by atoms with van der Waals surface area (Å²) in [7, 11) is 0. The number of halogens is 2. The lowest BCUT2D eigenvalue weighted by Gasteiger charge is -2.33. The van der Waals surface area contributed by atoms with Gasteiger partial charge in [-0.15, -0.1) is 0 Å². The van der Waals surface area contributed by atoms with Crippen LogP contribution in [-0.2, 0) is 4.79 Å². The molecule has 1 unspecified atom stereocenters. The van der Waals surface area contributed by atoms with E-state index in [9.17, 15) is 13.6 Å². The second kappa shape index (κ2) is 5.57. The first-order valence-corrected chi connectivity index (χ1v) is 6.29. The standard InChI is InChI=1S/C14H17F2NO/c1-10(18)14(17-7-3-2-4-8-17)12-9-11(15)5-6-13(12)16/h5-6,9,14H,2-4,7-8H2,1H3. The van der Waals surface area contributed by atoms with Crippen molar-refractivity contribution >= 4 is 5.78 Å². The predicted octanol–water partition coefficient (Wildman–Crippen LogP) is 3.08. The molecule has 98 valence electrons. The summed E-state index contributed by atoms with van der Waals surface area (Å²) >= 11 is 0. The number of piperidine rings is 1. The van der Waals surface area contributed by atoms with Crippen molar-refractivity contribution in [1.29, 1.82) is 0 Å². The van der Waals surface area contributed by atoms with Crippen LogP contribution in [0.25, 0.3) is 0 Å². The van der Waals surface area contributed by atoms with E-state index in [1.807, 2.05) is 4.90 Å². The summed E-state index contributed by atoms with van der Waals surface area (Å²) in [4.78, 5) is 13.7. The summed E-state index contributed by atoms with van der Waals surface area (Å²) in [6.07, 6.45) is 3.13.